The first-order valence-electron chi connectivity index (χ1n) is 8.03. The van der Waals surface area contributed by atoms with Gasteiger partial charge in [-0.05, 0) is 53.5 Å². The normalized spacial score (nSPS) is 21.7. The first-order valence-corrected chi connectivity index (χ1v) is 8.03. The molecule has 1 N–H and O–H groups in total. The summed E-state index contributed by atoms with van der Waals surface area (Å²) >= 11 is 0. The van der Waals surface area contributed by atoms with Crippen molar-refractivity contribution in [3.8, 4) is 0 Å². The maximum absolute atomic E-state index is 12.4. The highest BCUT2D eigenvalue weighted by Crippen LogP contribution is 2.20. The molecule has 5 nitrogen and oxygen atoms in total. The Morgan fingerprint density at radius 2 is 2.05 bits per heavy atom. The number of piperidine rings is 1. The Labute approximate surface area is 128 Å². The molecule has 0 aliphatic carbocycles. The van der Waals surface area contributed by atoms with Crippen molar-refractivity contribution in [1.29, 1.82) is 0 Å². The summed E-state index contributed by atoms with van der Waals surface area (Å²) in [5.74, 6) is -0.205. The fourth-order valence-corrected chi connectivity index (χ4v) is 2.50. The monoisotopic (exact) mass is 298 g/mol. The van der Waals surface area contributed by atoms with Gasteiger partial charge in [-0.2, -0.15) is 0 Å². The van der Waals surface area contributed by atoms with Crippen molar-refractivity contribution in [2.45, 2.75) is 65.5 Å². The number of nitrogens with zero attached hydrogens (tertiary/aromatic N) is 1. The molecule has 0 aromatic rings. The third-order valence-electron chi connectivity index (χ3n) is 4.35. The maximum atomic E-state index is 12.4. The van der Waals surface area contributed by atoms with Crippen molar-refractivity contribution >= 4 is 11.9 Å². The second-order valence-electron chi connectivity index (χ2n) is 6.49. The van der Waals surface area contributed by atoms with Crippen molar-refractivity contribution in [2.75, 3.05) is 19.7 Å². The Hall–Kier alpha value is -1.10. The van der Waals surface area contributed by atoms with Gasteiger partial charge in [-0.3, -0.25) is 14.5 Å². The molecule has 0 aromatic carbocycles. The van der Waals surface area contributed by atoms with E-state index in [1.165, 1.54) is 0 Å². The molecular weight excluding hydrogens is 268 g/mol. The SMILES string of the molecule is CCOC(=O)C1CCCN(C(C)C(=O)NC(C)(C)CC)C1. The van der Waals surface area contributed by atoms with Crippen molar-refractivity contribution in [1.82, 2.24) is 10.2 Å². The molecule has 5 heteroatoms. The number of ether oxygens (including phenoxy) is 1. The van der Waals surface area contributed by atoms with E-state index in [1.807, 2.05) is 27.7 Å². The molecule has 1 fully saturated rings. The number of amides is 1. The lowest BCUT2D eigenvalue weighted by atomic mass is 9.96. The van der Waals surface area contributed by atoms with Gasteiger partial charge in [0.2, 0.25) is 5.91 Å². The van der Waals surface area contributed by atoms with Crippen LogP contribution in [0.15, 0.2) is 0 Å². The van der Waals surface area contributed by atoms with Crippen molar-refractivity contribution < 1.29 is 14.3 Å². The quantitative estimate of drug-likeness (QED) is 0.762. The zero-order chi connectivity index (χ0) is 16.0. The van der Waals surface area contributed by atoms with E-state index in [0.29, 0.717) is 13.2 Å². The van der Waals surface area contributed by atoms with Crippen molar-refractivity contribution in [2.24, 2.45) is 5.92 Å². The zero-order valence-corrected chi connectivity index (χ0v) is 14.1. The fourth-order valence-electron chi connectivity index (χ4n) is 2.50. The Morgan fingerprint density at radius 3 is 2.62 bits per heavy atom. The average molecular weight is 298 g/mol. The van der Waals surface area contributed by atoms with E-state index < -0.39 is 0 Å². The Balaban J connectivity index is 2.59. The minimum absolute atomic E-state index is 0.0337. The van der Waals surface area contributed by atoms with Gasteiger partial charge >= 0.3 is 5.97 Å². The number of carbonyl (C=O) groups is 2. The van der Waals surface area contributed by atoms with E-state index in [4.69, 9.17) is 4.74 Å². The van der Waals surface area contributed by atoms with Crippen LogP contribution in [0.2, 0.25) is 0 Å². The van der Waals surface area contributed by atoms with E-state index in [9.17, 15) is 9.59 Å². The summed E-state index contributed by atoms with van der Waals surface area (Å²) in [5.41, 5.74) is -0.193. The largest absolute Gasteiger partial charge is 0.466 e. The third kappa shape index (κ3) is 5.30. The Bertz CT molecular complexity index is 369. The van der Waals surface area contributed by atoms with Crippen molar-refractivity contribution in [3.63, 3.8) is 0 Å². The number of hydrogen-bond donors (Lipinski definition) is 1. The van der Waals surface area contributed by atoms with Crippen LogP contribution < -0.4 is 5.32 Å². The lowest BCUT2D eigenvalue weighted by molar-refractivity contribution is -0.151. The predicted octanol–water partition coefficient (Wildman–Crippen LogP) is 1.95. The first-order chi connectivity index (χ1) is 9.80. The van der Waals surface area contributed by atoms with Gasteiger partial charge in [0.15, 0.2) is 0 Å². The Kier molecular flexibility index (Phi) is 6.65. The average Bonchev–Trinajstić information content (AvgIpc) is 2.46. The number of rotatable bonds is 6. The smallest absolute Gasteiger partial charge is 0.310 e. The molecule has 0 aromatic heterocycles. The van der Waals surface area contributed by atoms with Crippen LogP contribution in [0.4, 0.5) is 0 Å². The number of nitrogens with one attached hydrogen (secondary N) is 1. The summed E-state index contributed by atoms with van der Waals surface area (Å²) < 4.78 is 5.10. The number of likely N-dealkylation sites (tertiary alicyclic amines) is 1. The van der Waals surface area contributed by atoms with Crippen LogP contribution in [0.25, 0.3) is 0 Å². The highest BCUT2D eigenvalue weighted by atomic mass is 16.5. The number of esters is 1. The van der Waals surface area contributed by atoms with Crippen molar-refractivity contribution in [3.05, 3.63) is 0 Å². The van der Waals surface area contributed by atoms with Crippen LogP contribution in [0.1, 0.15) is 53.9 Å². The minimum atomic E-state index is -0.215. The predicted molar refractivity (Wildman–Crippen MR) is 82.9 cm³/mol. The van der Waals surface area contributed by atoms with E-state index in [1.54, 1.807) is 0 Å². The van der Waals surface area contributed by atoms with Crippen LogP contribution in [-0.4, -0.2) is 48.1 Å². The molecular formula is C16H30N2O3. The van der Waals surface area contributed by atoms with Crippen LogP contribution in [-0.2, 0) is 14.3 Å². The van der Waals surface area contributed by atoms with E-state index in [-0.39, 0.29) is 29.4 Å². The molecule has 0 radical (unpaired) electrons. The molecule has 2 atom stereocenters. The van der Waals surface area contributed by atoms with Crippen LogP contribution in [0.3, 0.4) is 0 Å². The van der Waals surface area contributed by atoms with Crippen LogP contribution in [0, 0.1) is 5.92 Å². The molecule has 1 aliphatic heterocycles. The third-order valence-corrected chi connectivity index (χ3v) is 4.35. The van der Waals surface area contributed by atoms with Gasteiger partial charge in [0.25, 0.3) is 0 Å². The van der Waals surface area contributed by atoms with Gasteiger partial charge in [0.05, 0.1) is 18.6 Å². The number of hydrogen-bond acceptors (Lipinski definition) is 4. The van der Waals surface area contributed by atoms with Crippen LogP contribution in [0.5, 0.6) is 0 Å². The molecule has 21 heavy (non-hydrogen) atoms. The first kappa shape index (κ1) is 18.0. The second kappa shape index (κ2) is 7.78. The summed E-state index contributed by atoms with van der Waals surface area (Å²) in [5, 5.41) is 3.08. The zero-order valence-electron chi connectivity index (χ0n) is 14.1. The molecule has 1 aliphatic rings. The maximum Gasteiger partial charge on any atom is 0.310 e. The van der Waals surface area contributed by atoms with Gasteiger partial charge in [-0.1, -0.05) is 6.92 Å². The summed E-state index contributed by atoms with van der Waals surface area (Å²) in [7, 11) is 0. The highest BCUT2D eigenvalue weighted by molar-refractivity contribution is 5.82. The molecule has 1 amide bonds. The van der Waals surface area contributed by atoms with Crippen LogP contribution >= 0.6 is 0 Å². The molecule has 0 bridgehead atoms. The summed E-state index contributed by atoms with van der Waals surface area (Å²) in [6, 6.07) is -0.215. The molecule has 0 spiro atoms. The molecule has 122 valence electrons. The topological polar surface area (TPSA) is 58.6 Å². The summed E-state index contributed by atoms with van der Waals surface area (Å²) in [4.78, 5) is 26.3. The second-order valence-corrected chi connectivity index (χ2v) is 6.49. The molecule has 1 heterocycles. The van der Waals surface area contributed by atoms with Gasteiger partial charge in [-0.25, -0.2) is 0 Å². The molecule has 2 unspecified atom stereocenters. The molecule has 1 rings (SSSR count). The van der Waals surface area contributed by atoms with Gasteiger partial charge in [0, 0.05) is 12.1 Å². The van der Waals surface area contributed by atoms with E-state index >= 15 is 0 Å². The van der Waals surface area contributed by atoms with E-state index in [0.717, 1.165) is 25.8 Å². The van der Waals surface area contributed by atoms with E-state index in [2.05, 4.69) is 17.1 Å². The molecule has 0 saturated carbocycles. The molecule has 1 saturated heterocycles. The lowest BCUT2D eigenvalue weighted by Crippen LogP contribution is -2.54. The standard InChI is InChI=1S/C16H30N2O3/c1-6-16(4,5)17-14(19)12(3)18-10-8-9-13(11-18)15(20)21-7-2/h12-13H,6-11H2,1-5H3,(H,17,19). The highest BCUT2D eigenvalue weighted by Gasteiger charge is 2.32. The van der Waals surface area contributed by atoms with Gasteiger partial charge in [-0.15, -0.1) is 0 Å². The fraction of sp³-hybridized carbons (Fsp3) is 0.875. The minimum Gasteiger partial charge on any atom is -0.466 e. The summed E-state index contributed by atoms with van der Waals surface area (Å²) in [6.45, 7) is 11.7. The van der Waals surface area contributed by atoms with Gasteiger partial charge < -0.3 is 10.1 Å². The lowest BCUT2D eigenvalue weighted by Gasteiger charge is -2.36. The Morgan fingerprint density at radius 1 is 1.38 bits per heavy atom. The van der Waals surface area contributed by atoms with Gasteiger partial charge in [0.1, 0.15) is 0 Å². The summed E-state index contributed by atoms with van der Waals surface area (Å²) in [6.07, 6.45) is 2.67. The number of carbonyl (C=O) groups excluding carboxylic acids is 2.